The Kier molecular flexibility index (Phi) is 3.96. The second-order valence-corrected chi connectivity index (χ2v) is 2.97. The lowest BCUT2D eigenvalue weighted by molar-refractivity contribution is -0.150. The van der Waals surface area contributed by atoms with Gasteiger partial charge in [-0.2, -0.15) is 0 Å². The number of ether oxygens (including phenoxy) is 1. The van der Waals surface area contributed by atoms with Crippen molar-refractivity contribution in [1.82, 2.24) is 0 Å². The van der Waals surface area contributed by atoms with Crippen LogP contribution in [-0.4, -0.2) is 23.8 Å². The number of hydrogen-bond donors (Lipinski definition) is 1. The third-order valence-corrected chi connectivity index (χ3v) is 1.94. The van der Waals surface area contributed by atoms with E-state index in [4.69, 9.17) is 0 Å². The molecule has 0 aromatic heterocycles. The van der Waals surface area contributed by atoms with E-state index < -0.39 is 17.5 Å². The van der Waals surface area contributed by atoms with Crippen molar-refractivity contribution in [3.05, 3.63) is 12.2 Å². The summed E-state index contributed by atoms with van der Waals surface area (Å²) in [7, 11) is 1.31. The summed E-state index contributed by atoms with van der Waals surface area (Å²) in [4.78, 5) is 11.0. The van der Waals surface area contributed by atoms with Crippen molar-refractivity contribution in [3.8, 4) is 0 Å². The third-order valence-electron chi connectivity index (χ3n) is 1.94. The molecule has 0 radical (unpaired) electrons. The van der Waals surface area contributed by atoms with E-state index >= 15 is 0 Å². The zero-order chi connectivity index (χ0) is 9.78. The van der Waals surface area contributed by atoms with Crippen LogP contribution in [0.5, 0.6) is 0 Å². The highest BCUT2D eigenvalue weighted by molar-refractivity contribution is 5.73. The maximum Gasteiger partial charge on any atom is 0.311 e. The Labute approximate surface area is 73.0 Å². The van der Waals surface area contributed by atoms with Crippen molar-refractivity contribution in [2.45, 2.75) is 26.4 Å². The predicted octanol–water partition coefficient (Wildman–Crippen LogP) is 1.12. The smallest absolute Gasteiger partial charge is 0.311 e. The summed E-state index contributed by atoms with van der Waals surface area (Å²) in [6, 6.07) is 0. The summed E-state index contributed by atoms with van der Waals surface area (Å²) in [6.45, 7) is 5.00. The minimum absolute atomic E-state index is 0.405. The summed E-state index contributed by atoms with van der Waals surface area (Å²) < 4.78 is 4.51. The van der Waals surface area contributed by atoms with Gasteiger partial charge in [-0.25, -0.2) is 0 Å². The molecule has 1 N–H and O–H groups in total. The van der Waals surface area contributed by atoms with E-state index in [1.807, 2.05) is 0 Å². The number of methoxy groups -OCH3 is 1. The van der Waals surface area contributed by atoms with E-state index in [1.165, 1.54) is 7.11 Å². The van der Waals surface area contributed by atoms with Gasteiger partial charge in [-0.1, -0.05) is 12.2 Å². The first kappa shape index (κ1) is 11.2. The molecule has 2 unspecified atom stereocenters. The third kappa shape index (κ3) is 2.66. The van der Waals surface area contributed by atoms with Gasteiger partial charge in [0, 0.05) is 0 Å². The first-order chi connectivity index (χ1) is 5.45. The lowest BCUT2D eigenvalue weighted by atomic mass is 9.90. The van der Waals surface area contributed by atoms with Crippen LogP contribution in [0.1, 0.15) is 20.8 Å². The Balaban J connectivity index is 4.44. The van der Waals surface area contributed by atoms with Crippen LogP contribution in [-0.2, 0) is 9.53 Å². The van der Waals surface area contributed by atoms with Crippen LogP contribution in [0.4, 0.5) is 0 Å². The molecule has 12 heavy (non-hydrogen) atoms. The lowest BCUT2D eigenvalue weighted by Gasteiger charge is -2.24. The molecule has 0 saturated carbocycles. The van der Waals surface area contributed by atoms with Crippen LogP contribution >= 0.6 is 0 Å². The number of rotatable bonds is 3. The Morgan fingerprint density at radius 3 is 2.50 bits per heavy atom. The molecule has 0 aliphatic carbocycles. The Morgan fingerprint density at radius 1 is 1.67 bits per heavy atom. The molecule has 0 saturated heterocycles. The standard InChI is InChI=1S/C9H16O3/c1-5-6-9(3,11)7(2)8(10)12-4/h5-7,11H,1-4H3. The van der Waals surface area contributed by atoms with Gasteiger partial charge in [0.1, 0.15) is 0 Å². The lowest BCUT2D eigenvalue weighted by Crippen LogP contribution is -2.36. The Hall–Kier alpha value is -0.830. The van der Waals surface area contributed by atoms with Gasteiger partial charge in [0.05, 0.1) is 18.6 Å². The van der Waals surface area contributed by atoms with Crippen molar-refractivity contribution in [2.75, 3.05) is 7.11 Å². The molecule has 0 bridgehead atoms. The maximum absolute atomic E-state index is 11.0. The Bertz CT molecular complexity index is 182. The van der Waals surface area contributed by atoms with Crippen LogP contribution < -0.4 is 0 Å². The Morgan fingerprint density at radius 2 is 2.17 bits per heavy atom. The molecule has 0 amide bonds. The molecule has 0 fully saturated rings. The molecular weight excluding hydrogens is 156 g/mol. The minimum Gasteiger partial charge on any atom is -0.469 e. The fourth-order valence-electron chi connectivity index (χ4n) is 0.897. The number of allylic oxidation sites excluding steroid dienone is 1. The van der Waals surface area contributed by atoms with Gasteiger partial charge in [-0.15, -0.1) is 0 Å². The molecule has 0 aliphatic heterocycles. The maximum atomic E-state index is 11.0. The molecule has 3 heteroatoms. The molecular formula is C9H16O3. The van der Waals surface area contributed by atoms with Crippen molar-refractivity contribution in [1.29, 1.82) is 0 Å². The molecule has 0 rings (SSSR count). The second kappa shape index (κ2) is 4.26. The molecule has 2 atom stereocenters. The monoisotopic (exact) mass is 172 g/mol. The van der Waals surface area contributed by atoms with Crippen molar-refractivity contribution >= 4 is 5.97 Å². The van der Waals surface area contributed by atoms with Gasteiger partial charge in [-0.3, -0.25) is 4.79 Å². The second-order valence-electron chi connectivity index (χ2n) is 2.97. The van der Waals surface area contributed by atoms with Gasteiger partial charge in [0.25, 0.3) is 0 Å². The van der Waals surface area contributed by atoms with E-state index in [0.717, 1.165) is 0 Å². The SMILES string of the molecule is CC=CC(C)(O)C(C)C(=O)OC. The van der Waals surface area contributed by atoms with Gasteiger partial charge in [0.15, 0.2) is 0 Å². The predicted molar refractivity (Wildman–Crippen MR) is 46.6 cm³/mol. The normalized spacial score (nSPS) is 18.8. The number of esters is 1. The van der Waals surface area contributed by atoms with E-state index in [0.29, 0.717) is 0 Å². The van der Waals surface area contributed by atoms with Gasteiger partial charge in [-0.05, 0) is 20.8 Å². The quantitative estimate of drug-likeness (QED) is 0.512. The number of carbonyl (C=O) groups is 1. The summed E-state index contributed by atoms with van der Waals surface area (Å²) in [5, 5.41) is 9.70. The number of hydrogen-bond acceptors (Lipinski definition) is 3. The highest BCUT2D eigenvalue weighted by Crippen LogP contribution is 2.19. The highest BCUT2D eigenvalue weighted by atomic mass is 16.5. The summed E-state index contributed by atoms with van der Waals surface area (Å²) in [6.07, 6.45) is 3.29. The molecule has 3 nitrogen and oxygen atoms in total. The fourth-order valence-corrected chi connectivity index (χ4v) is 0.897. The number of carbonyl (C=O) groups excluding carboxylic acids is 1. The van der Waals surface area contributed by atoms with E-state index in [1.54, 1.807) is 32.9 Å². The van der Waals surface area contributed by atoms with Crippen molar-refractivity contribution < 1.29 is 14.6 Å². The van der Waals surface area contributed by atoms with Crippen LogP contribution in [0.2, 0.25) is 0 Å². The zero-order valence-electron chi connectivity index (χ0n) is 8.00. The van der Waals surface area contributed by atoms with Gasteiger partial charge in [0.2, 0.25) is 0 Å². The largest absolute Gasteiger partial charge is 0.469 e. The van der Waals surface area contributed by atoms with E-state index in [-0.39, 0.29) is 0 Å². The molecule has 0 aliphatic rings. The first-order valence-electron chi connectivity index (χ1n) is 3.89. The van der Waals surface area contributed by atoms with Crippen LogP contribution in [0.15, 0.2) is 12.2 Å². The topological polar surface area (TPSA) is 46.5 Å². The van der Waals surface area contributed by atoms with Gasteiger partial charge < -0.3 is 9.84 Å². The molecule has 70 valence electrons. The zero-order valence-corrected chi connectivity index (χ0v) is 8.00. The summed E-state index contributed by atoms with van der Waals surface area (Å²) in [5.74, 6) is -0.947. The summed E-state index contributed by atoms with van der Waals surface area (Å²) >= 11 is 0. The molecule has 0 aromatic carbocycles. The number of aliphatic hydroxyl groups is 1. The van der Waals surface area contributed by atoms with E-state index in [2.05, 4.69) is 4.74 Å². The fraction of sp³-hybridized carbons (Fsp3) is 0.667. The first-order valence-corrected chi connectivity index (χ1v) is 3.89. The van der Waals surface area contributed by atoms with Crippen LogP contribution in [0, 0.1) is 5.92 Å². The van der Waals surface area contributed by atoms with Crippen molar-refractivity contribution in [2.24, 2.45) is 5.92 Å². The van der Waals surface area contributed by atoms with E-state index in [9.17, 15) is 9.90 Å². The van der Waals surface area contributed by atoms with Crippen LogP contribution in [0.3, 0.4) is 0 Å². The average Bonchev–Trinajstić information content (AvgIpc) is 2.01. The average molecular weight is 172 g/mol. The molecule has 0 aromatic rings. The molecule has 0 spiro atoms. The van der Waals surface area contributed by atoms with Crippen molar-refractivity contribution in [3.63, 3.8) is 0 Å². The minimum atomic E-state index is -1.12. The molecule has 0 heterocycles. The highest BCUT2D eigenvalue weighted by Gasteiger charge is 2.31. The van der Waals surface area contributed by atoms with Gasteiger partial charge >= 0.3 is 5.97 Å². The van der Waals surface area contributed by atoms with Crippen LogP contribution in [0.25, 0.3) is 0 Å². The summed E-state index contributed by atoms with van der Waals surface area (Å²) in [5.41, 5.74) is -1.12.